The molecule has 1 aromatic rings. The van der Waals surface area contributed by atoms with Gasteiger partial charge in [-0.15, -0.1) is 0 Å². The molecule has 1 aromatic carbocycles. The molecule has 0 bridgehead atoms. The zero-order valence-corrected chi connectivity index (χ0v) is 8.64. The van der Waals surface area contributed by atoms with Gasteiger partial charge < -0.3 is 15.2 Å². The van der Waals surface area contributed by atoms with E-state index in [-0.39, 0.29) is 13.2 Å². The third-order valence-corrected chi connectivity index (χ3v) is 1.83. The highest BCUT2D eigenvalue weighted by Gasteiger charge is 1.99. The second-order valence-corrected chi connectivity index (χ2v) is 3.03. The average Bonchev–Trinajstić information content (AvgIpc) is 2.29. The van der Waals surface area contributed by atoms with E-state index in [4.69, 9.17) is 15.1 Å². The van der Waals surface area contributed by atoms with E-state index >= 15 is 0 Å². The van der Waals surface area contributed by atoms with Crippen LogP contribution in [0.2, 0.25) is 0 Å². The van der Waals surface area contributed by atoms with Crippen molar-refractivity contribution in [3.05, 3.63) is 29.8 Å². The quantitative estimate of drug-likeness (QED) is 0.701. The van der Waals surface area contributed by atoms with Gasteiger partial charge in [-0.05, 0) is 12.1 Å². The number of carboxylic acids is 1. The molecule has 0 fully saturated rings. The van der Waals surface area contributed by atoms with E-state index in [1.54, 1.807) is 18.2 Å². The Bertz CT molecular complexity index is 398. The number of anilines is 1. The number of nitriles is 1. The monoisotopic (exact) mass is 220 g/mol. The number of benzene rings is 1. The first-order chi connectivity index (χ1) is 7.74. The van der Waals surface area contributed by atoms with E-state index in [2.05, 4.69) is 11.4 Å². The van der Waals surface area contributed by atoms with Crippen LogP contribution < -0.4 is 5.32 Å². The molecule has 0 radical (unpaired) electrons. The van der Waals surface area contributed by atoms with Crippen molar-refractivity contribution < 1.29 is 14.6 Å². The Morgan fingerprint density at radius 3 is 2.94 bits per heavy atom. The summed E-state index contributed by atoms with van der Waals surface area (Å²) >= 11 is 0. The lowest BCUT2D eigenvalue weighted by molar-refractivity contribution is -0.142. The fourth-order valence-corrected chi connectivity index (χ4v) is 1.15. The number of hydrogen-bond acceptors (Lipinski definition) is 4. The Labute approximate surface area is 93.3 Å². The molecule has 0 saturated heterocycles. The minimum absolute atomic E-state index is 0.284. The Kier molecular flexibility index (Phi) is 4.83. The molecule has 5 heteroatoms. The van der Waals surface area contributed by atoms with Crippen molar-refractivity contribution in [2.75, 3.05) is 25.1 Å². The topological polar surface area (TPSA) is 82.3 Å². The van der Waals surface area contributed by atoms with Gasteiger partial charge in [-0.25, -0.2) is 4.79 Å². The highest BCUT2D eigenvalue weighted by atomic mass is 16.5. The standard InChI is InChI=1S/C11H12N2O3/c12-7-9-3-1-2-4-10(9)13-5-6-16-8-11(14)15/h1-4,13H,5-6,8H2,(H,14,15). The van der Waals surface area contributed by atoms with E-state index in [1.807, 2.05) is 6.07 Å². The van der Waals surface area contributed by atoms with E-state index in [9.17, 15) is 4.79 Å². The molecule has 1 rings (SSSR count). The lowest BCUT2D eigenvalue weighted by Gasteiger charge is -2.07. The number of hydrogen-bond donors (Lipinski definition) is 2. The van der Waals surface area contributed by atoms with Gasteiger partial charge in [0.2, 0.25) is 0 Å². The number of rotatable bonds is 6. The lowest BCUT2D eigenvalue weighted by atomic mass is 10.2. The van der Waals surface area contributed by atoms with Crippen molar-refractivity contribution in [1.82, 2.24) is 0 Å². The lowest BCUT2D eigenvalue weighted by Crippen LogP contribution is -2.14. The third kappa shape index (κ3) is 3.98. The summed E-state index contributed by atoms with van der Waals surface area (Å²) in [6.07, 6.45) is 0. The zero-order chi connectivity index (χ0) is 11.8. The number of carboxylic acid groups (broad SMARTS) is 1. The van der Waals surface area contributed by atoms with Gasteiger partial charge in [0.25, 0.3) is 0 Å². The van der Waals surface area contributed by atoms with E-state index < -0.39 is 5.97 Å². The first-order valence-corrected chi connectivity index (χ1v) is 4.76. The molecule has 0 amide bonds. The van der Waals surface area contributed by atoms with E-state index in [0.717, 1.165) is 5.69 Å². The summed E-state index contributed by atoms with van der Waals surface area (Å²) < 4.78 is 4.85. The molecule has 0 aliphatic rings. The Hall–Kier alpha value is -2.06. The van der Waals surface area contributed by atoms with Crippen molar-refractivity contribution in [3.63, 3.8) is 0 Å². The summed E-state index contributed by atoms with van der Waals surface area (Å²) in [7, 11) is 0. The van der Waals surface area contributed by atoms with E-state index in [1.165, 1.54) is 0 Å². The molecule has 0 aliphatic carbocycles. The molecule has 0 atom stereocenters. The predicted molar refractivity (Wildman–Crippen MR) is 58.1 cm³/mol. The van der Waals surface area contributed by atoms with Crippen LogP contribution in [0.5, 0.6) is 0 Å². The molecule has 0 unspecified atom stereocenters. The predicted octanol–water partition coefficient (Wildman–Crippen LogP) is 1.07. The Balaban J connectivity index is 2.32. The summed E-state index contributed by atoms with van der Waals surface area (Å²) in [6, 6.07) is 9.16. The van der Waals surface area contributed by atoms with Crippen LogP contribution in [-0.2, 0) is 9.53 Å². The zero-order valence-electron chi connectivity index (χ0n) is 8.64. The smallest absolute Gasteiger partial charge is 0.329 e. The van der Waals surface area contributed by atoms with Gasteiger partial charge in [0, 0.05) is 6.54 Å². The molecule has 2 N–H and O–H groups in total. The van der Waals surface area contributed by atoms with Crippen molar-refractivity contribution in [2.24, 2.45) is 0 Å². The van der Waals surface area contributed by atoms with Crippen molar-refractivity contribution in [3.8, 4) is 6.07 Å². The minimum Gasteiger partial charge on any atom is -0.480 e. The average molecular weight is 220 g/mol. The fraction of sp³-hybridized carbons (Fsp3) is 0.273. The van der Waals surface area contributed by atoms with Gasteiger partial charge in [0.1, 0.15) is 12.7 Å². The number of nitrogens with one attached hydrogen (secondary N) is 1. The number of para-hydroxylation sites is 1. The molecule has 16 heavy (non-hydrogen) atoms. The fourth-order valence-electron chi connectivity index (χ4n) is 1.15. The van der Waals surface area contributed by atoms with Crippen LogP contribution >= 0.6 is 0 Å². The maximum atomic E-state index is 10.1. The van der Waals surface area contributed by atoms with E-state index in [0.29, 0.717) is 12.1 Å². The first kappa shape index (κ1) is 12.0. The molecule has 5 nitrogen and oxygen atoms in total. The van der Waals surface area contributed by atoms with Gasteiger partial charge in [-0.3, -0.25) is 0 Å². The second-order valence-electron chi connectivity index (χ2n) is 3.03. The largest absolute Gasteiger partial charge is 0.480 e. The highest BCUT2D eigenvalue weighted by molar-refractivity contribution is 5.68. The van der Waals surface area contributed by atoms with Crippen LogP contribution in [0.1, 0.15) is 5.56 Å². The van der Waals surface area contributed by atoms with Crippen LogP contribution in [0.4, 0.5) is 5.69 Å². The number of ether oxygens (including phenoxy) is 1. The molecule has 0 spiro atoms. The van der Waals surface area contributed by atoms with Crippen molar-refractivity contribution in [1.29, 1.82) is 5.26 Å². The second kappa shape index (κ2) is 6.43. The highest BCUT2D eigenvalue weighted by Crippen LogP contribution is 2.12. The number of carbonyl (C=O) groups is 1. The maximum absolute atomic E-state index is 10.1. The van der Waals surface area contributed by atoms with Crippen LogP contribution in [0.15, 0.2) is 24.3 Å². The van der Waals surface area contributed by atoms with Gasteiger partial charge in [0.15, 0.2) is 0 Å². The van der Waals surface area contributed by atoms with Crippen LogP contribution in [0, 0.1) is 11.3 Å². The molecule has 0 saturated carbocycles. The summed E-state index contributed by atoms with van der Waals surface area (Å²) in [5, 5.41) is 20.1. The van der Waals surface area contributed by atoms with Gasteiger partial charge >= 0.3 is 5.97 Å². The van der Waals surface area contributed by atoms with Gasteiger partial charge in [-0.1, -0.05) is 12.1 Å². The summed E-state index contributed by atoms with van der Waals surface area (Å²) in [5.41, 5.74) is 1.28. The number of aliphatic carboxylic acids is 1. The molecule has 0 heterocycles. The molecular formula is C11H12N2O3. The maximum Gasteiger partial charge on any atom is 0.329 e. The Morgan fingerprint density at radius 1 is 1.50 bits per heavy atom. The molecule has 0 aromatic heterocycles. The molecular weight excluding hydrogens is 208 g/mol. The summed E-state index contributed by atoms with van der Waals surface area (Å²) in [6.45, 7) is 0.444. The third-order valence-electron chi connectivity index (χ3n) is 1.83. The summed E-state index contributed by atoms with van der Waals surface area (Å²) in [4.78, 5) is 10.1. The normalized spacial score (nSPS) is 9.44. The van der Waals surface area contributed by atoms with Crippen LogP contribution in [0.25, 0.3) is 0 Å². The first-order valence-electron chi connectivity index (χ1n) is 4.76. The Morgan fingerprint density at radius 2 is 2.25 bits per heavy atom. The molecule has 0 aliphatic heterocycles. The van der Waals surface area contributed by atoms with Crippen molar-refractivity contribution in [2.45, 2.75) is 0 Å². The molecule has 84 valence electrons. The van der Waals surface area contributed by atoms with Crippen LogP contribution in [-0.4, -0.2) is 30.8 Å². The van der Waals surface area contributed by atoms with Crippen LogP contribution in [0.3, 0.4) is 0 Å². The SMILES string of the molecule is N#Cc1ccccc1NCCOCC(=O)O. The number of nitrogens with zero attached hydrogens (tertiary/aromatic N) is 1. The summed E-state index contributed by atoms with van der Waals surface area (Å²) in [5.74, 6) is -0.988. The minimum atomic E-state index is -0.988. The van der Waals surface area contributed by atoms with Gasteiger partial charge in [-0.2, -0.15) is 5.26 Å². The van der Waals surface area contributed by atoms with Gasteiger partial charge in [0.05, 0.1) is 17.9 Å². The van der Waals surface area contributed by atoms with Crippen molar-refractivity contribution >= 4 is 11.7 Å².